The predicted molar refractivity (Wildman–Crippen MR) is 110 cm³/mol. The van der Waals surface area contributed by atoms with Gasteiger partial charge in [-0.3, -0.25) is 9.59 Å². The Morgan fingerprint density at radius 3 is 2.30 bits per heavy atom. The number of carbonyl (C=O) groups is 4. The molecule has 0 aliphatic carbocycles. The third-order valence-electron chi connectivity index (χ3n) is 4.37. The maximum Gasteiger partial charge on any atom is 0.355 e. The molecule has 0 aliphatic rings. The van der Waals surface area contributed by atoms with Gasteiger partial charge in [0.2, 0.25) is 11.7 Å². The number of aryl methyl sites for hydroxylation is 1. The zero-order valence-electron chi connectivity index (χ0n) is 17.5. The average Bonchev–Trinajstić information content (AvgIpc) is 3.00. The fourth-order valence-electron chi connectivity index (χ4n) is 2.94. The maximum atomic E-state index is 12.8. The van der Waals surface area contributed by atoms with Gasteiger partial charge in [-0.05, 0) is 38.0 Å². The number of ether oxygens (including phenoxy) is 2. The molecule has 0 fully saturated rings. The Hall–Kier alpha value is -3.68. The number of ketones is 1. The first-order chi connectivity index (χ1) is 14.1. The van der Waals surface area contributed by atoms with Crippen molar-refractivity contribution in [2.24, 2.45) is 0 Å². The number of methoxy groups -OCH3 is 1. The summed E-state index contributed by atoms with van der Waals surface area (Å²) in [5, 5.41) is 2.43. The second-order valence-electron chi connectivity index (χ2n) is 6.68. The summed E-state index contributed by atoms with van der Waals surface area (Å²) in [5.74, 6) is -2.39. The van der Waals surface area contributed by atoms with Gasteiger partial charge in [-0.1, -0.05) is 30.3 Å². The molecule has 2 aromatic rings. The summed E-state index contributed by atoms with van der Waals surface area (Å²) in [4.78, 5) is 51.7. The largest absolute Gasteiger partial charge is 0.465 e. The SMILES string of the molecule is COC(=O)c1c(C)[nH]c(C(=O)[C@@H](C)OC(=O)/C(=C/c2ccccc2)NC(C)=O)c1C. The van der Waals surface area contributed by atoms with E-state index in [0.29, 0.717) is 16.8 Å². The molecule has 1 heterocycles. The van der Waals surface area contributed by atoms with Gasteiger partial charge in [0, 0.05) is 12.6 Å². The van der Waals surface area contributed by atoms with Gasteiger partial charge < -0.3 is 19.8 Å². The van der Waals surface area contributed by atoms with Gasteiger partial charge in [0.1, 0.15) is 5.70 Å². The van der Waals surface area contributed by atoms with Crippen LogP contribution in [0, 0.1) is 13.8 Å². The van der Waals surface area contributed by atoms with E-state index in [4.69, 9.17) is 9.47 Å². The second-order valence-corrected chi connectivity index (χ2v) is 6.68. The number of rotatable bonds is 7. The van der Waals surface area contributed by atoms with Crippen LogP contribution in [0.1, 0.15) is 51.5 Å². The number of nitrogens with one attached hydrogen (secondary N) is 2. The summed E-state index contributed by atoms with van der Waals surface area (Å²) in [6.45, 7) is 5.93. The highest BCUT2D eigenvalue weighted by Gasteiger charge is 2.28. The van der Waals surface area contributed by atoms with Crippen LogP contribution in [-0.4, -0.2) is 41.8 Å². The minimum atomic E-state index is -1.16. The average molecular weight is 412 g/mol. The van der Waals surface area contributed by atoms with E-state index in [0.717, 1.165) is 0 Å². The number of esters is 2. The molecule has 0 radical (unpaired) electrons. The molecule has 158 valence electrons. The van der Waals surface area contributed by atoms with E-state index in [1.165, 1.54) is 27.0 Å². The lowest BCUT2D eigenvalue weighted by Gasteiger charge is -2.14. The van der Waals surface area contributed by atoms with Crippen molar-refractivity contribution in [1.82, 2.24) is 10.3 Å². The number of amides is 1. The monoisotopic (exact) mass is 412 g/mol. The molecule has 0 saturated carbocycles. The molecule has 0 bridgehead atoms. The number of carbonyl (C=O) groups excluding carboxylic acids is 4. The Morgan fingerprint density at radius 2 is 1.73 bits per heavy atom. The van der Waals surface area contributed by atoms with E-state index in [2.05, 4.69) is 10.3 Å². The van der Waals surface area contributed by atoms with Gasteiger partial charge in [-0.15, -0.1) is 0 Å². The predicted octanol–water partition coefficient (Wildman–Crippen LogP) is 2.71. The molecule has 0 spiro atoms. The van der Waals surface area contributed by atoms with E-state index in [1.807, 2.05) is 6.07 Å². The minimum Gasteiger partial charge on any atom is -0.465 e. The fourth-order valence-corrected chi connectivity index (χ4v) is 2.94. The zero-order valence-corrected chi connectivity index (χ0v) is 17.5. The Bertz CT molecular complexity index is 1000. The van der Waals surface area contributed by atoms with Gasteiger partial charge in [0.05, 0.1) is 18.4 Å². The van der Waals surface area contributed by atoms with Crippen molar-refractivity contribution >= 4 is 29.7 Å². The van der Waals surface area contributed by atoms with E-state index < -0.39 is 29.7 Å². The molecule has 0 unspecified atom stereocenters. The van der Waals surface area contributed by atoms with Crippen LogP contribution in [0.5, 0.6) is 0 Å². The Balaban J connectivity index is 2.24. The van der Waals surface area contributed by atoms with Crippen LogP contribution in [-0.2, 0) is 19.1 Å². The number of Topliss-reactive ketones (excluding diaryl/α,β-unsaturated/α-hetero) is 1. The van der Waals surface area contributed by atoms with Gasteiger partial charge in [0.25, 0.3) is 0 Å². The molecule has 30 heavy (non-hydrogen) atoms. The van der Waals surface area contributed by atoms with E-state index in [1.54, 1.807) is 38.1 Å². The van der Waals surface area contributed by atoms with Crippen LogP contribution < -0.4 is 5.32 Å². The summed E-state index contributed by atoms with van der Waals surface area (Å²) < 4.78 is 10.0. The van der Waals surface area contributed by atoms with Crippen LogP contribution in [0.4, 0.5) is 0 Å². The number of aromatic amines is 1. The third kappa shape index (κ3) is 5.22. The molecule has 1 aromatic heterocycles. The highest BCUT2D eigenvalue weighted by atomic mass is 16.5. The van der Waals surface area contributed by atoms with Crippen LogP contribution in [0.15, 0.2) is 36.0 Å². The first-order valence-corrected chi connectivity index (χ1v) is 9.22. The highest BCUT2D eigenvalue weighted by molar-refractivity contribution is 6.05. The third-order valence-corrected chi connectivity index (χ3v) is 4.37. The topological polar surface area (TPSA) is 115 Å². The molecule has 1 amide bonds. The molecular weight excluding hydrogens is 388 g/mol. The zero-order chi connectivity index (χ0) is 22.4. The standard InChI is InChI=1S/C22H24N2O6/c1-12-18(22(28)29-5)13(2)23-19(12)20(26)14(3)30-21(27)17(24-15(4)25)11-16-9-7-6-8-10-16/h6-11,14,23H,1-5H3,(H,24,25)/b17-11-/t14-/m1/s1. The number of aromatic nitrogens is 1. The molecule has 1 atom stereocenters. The van der Waals surface area contributed by atoms with E-state index in [-0.39, 0.29) is 17.0 Å². The summed E-state index contributed by atoms with van der Waals surface area (Å²) in [5.41, 5.74) is 1.89. The summed E-state index contributed by atoms with van der Waals surface area (Å²) in [6.07, 6.45) is 0.299. The van der Waals surface area contributed by atoms with Crippen molar-refractivity contribution in [3.8, 4) is 0 Å². The maximum absolute atomic E-state index is 12.8. The Morgan fingerprint density at radius 1 is 1.10 bits per heavy atom. The highest BCUT2D eigenvalue weighted by Crippen LogP contribution is 2.21. The van der Waals surface area contributed by atoms with Crippen LogP contribution in [0.2, 0.25) is 0 Å². The van der Waals surface area contributed by atoms with Crippen LogP contribution in [0.25, 0.3) is 6.08 Å². The normalized spacial score (nSPS) is 12.1. The van der Waals surface area contributed by atoms with Crippen molar-refractivity contribution in [1.29, 1.82) is 0 Å². The molecular formula is C22H24N2O6. The lowest BCUT2D eigenvalue weighted by atomic mass is 10.1. The van der Waals surface area contributed by atoms with Gasteiger partial charge >= 0.3 is 11.9 Å². The molecule has 1 aromatic carbocycles. The van der Waals surface area contributed by atoms with E-state index in [9.17, 15) is 19.2 Å². The molecule has 2 N–H and O–H groups in total. The van der Waals surface area contributed by atoms with Crippen molar-refractivity contribution in [2.75, 3.05) is 7.11 Å². The minimum absolute atomic E-state index is 0.0945. The number of benzene rings is 1. The smallest absolute Gasteiger partial charge is 0.355 e. The molecule has 0 saturated heterocycles. The number of hydrogen-bond donors (Lipinski definition) is 2. The number of H-pyrrole nitrogens is 1. The lowest BCUT2D eigenvalue weighted by Crippen LogP contribution is -2.31. The van der Waals surface area contributed by atoms with Gasteiger partial charge in [0.15, 0.2) is 6.10 Å². The summed E-state index contributed by atoms with van der Waals surface area (Å²) >= 11 is 0. The summed E-state index contributed by atoms with van der Waals surface area (Å²) in [7, 11) is 1.25. The van der Waals surface area contributed by atoms with Crippen LogP contribution in [0.3, 0.4) is 0 Å². The molecule has 0 aliphatic heterocycles. The molecule has 2 rings (SSSR count). The Kier molecular flexibility index (Phi) is 7.30. The molecule has 8 heteroatoms. The Labute approximate surface area is 174 Å². The summed E-state index contributed by atoms with van der Waals surface area (Å²) in [6, 6.07) is 8.89. The first kappa shape index (κ1) is 22.6. The van der Waals surface area contributed by atoms with E-state index >= 15 is 0 Å². The second kappa shape index (κ2) is 9.69. The molecule has 8 nitrogen and oxygen atoms in total. The first-order valence-electron chi connectivity index (χ1n) is 9.22. The quantitative estimate of drug-likeness (QED) is 0.411. The van der Waals surface area contributed by atoms with Crippen molar-refractivity contribution in [2.45, 2.75) is 33.8 Å². The van der Waals surface area contributed by atoms with Gasteiger partial charge in [-0.25, -0.2) is 9.59 Å². The van der Waals surface area contributed by atoms with Crippen molar-refractivity contribution in [3.05, 3.63) is 64.1 Å². The van der Waals surface area contributed by atoms with Gasteiger partial charge in [-0.2, -0.15) is 0 Å². The fraction of sp³-hybridized carbons (Fsp3) is 0.273. The van der Waals surface area contributed by atoms with Crippen molar-refractivity contribution < 1.29 is 28.7 Å². The lowest BCUT2D eigenvalue weighted by molar-refractivity contribution is -0.142. The van der Waals surface area contributed by atoms with Crippen molar-refractivity contribution in [3.63, 3.8) is 0 Å². The number of hydrogen-bond acceptors (Lipinski definition) is 6. The van der Waals surface area contributed by atoms with Crippen LogP contribution >= 0.6 is 0 Å².